The van der Waals surface area contributed by atoms with Crippen molar-refractivity contribution >= 4 is 11.8 Å². The molecule has 0 saturated heterocycles. The van der Waals surface area contributed by atoms with Crippen molar-refractivity contribution in [1.29, 1.82) is 0 Å². The molecular formula is C22H27N3OS. The average Bonchev–Trinajstić information content (AvgIpc) is 3.12. The van der Waals surface area contributed by atoms with Gasteiger partial charge < -0.3 is 10.4 Å². The van der Waals surface area contributed by atoms with E-state index >= 15 is 0 Å². The summed E-state index contributed by atoms with van der Waals surface area (Å²) >= 11 is 1.87. The van der Waals surface area contributed by atoms with Gasteiger partial charge in [-0.3, -0.25) is 0 Å². The van der Waals surface area contributed by atoms with Crippen LogP contribution in [-0.2, 0) is 6.54 Å². The van der Waals surface area contributed by atoms with Gasteiger partial charge in [-0.15, -0.1) is 0 Å². The standard InChI is InChI=1S/C22H27N3OS/c1-18-8-5-6-11-21(18)22-19(16-23-12-15-27-14-7-13-26)17-25(24-22)20-9-3-2-4-10-20/h2-6,8-11,17,23,26H,7,12-16H2,1H3. The highest BCUT2D eigenvalue weighted by molar-refractivity contribution is 7.99. The molecule has 0 radical (unpaired) electrons. The lowest BCUT2D eigenvalue weighted by atomic mass is 10.0. The van der Waals surface area contributed by atoms with Gasteiger partial charge in [-0.1, -0.05) is 42.5 Å². The van der Waals surface area contributed by atoms with Crippen molar-refractivity contribution in [2.24, 2.45) is 0 Å². The zero-order chi connectivity index (χ0) is 18.9. The predicted molar refractivity (Wildman–Crippen MR) is 114 cm³/mol. The van der Waals surface area contributed by atoms with Gasteiger partial charge in [-0.25, -0.2) is 4.68 Å². The van der Waals surface area contributed by atoms with Crippen molar-refractivity contribution < 1.29 is 5.11 Å². The lowest BCUT2D eigenvalue weighted by Gasteiger charge is -2.07. The fraction of sp³-hybridized carbons (Fsp3) is 0.318. The zero-order valence-electron chi connectivity index (χ0n) is 15.8. The second kappa shape index (κ2) is 10.3. The molecule has 0 fully saturated rings. The Kier molecular flexibility index (Phi) is 7.51. The number of aromatic nitrogens is 2. The van der Waals surface area contributed by atoms with Crippen LogP contribution < -0.4 is 5.32 Å². The summed E-state index contributed by atoms with van der Waals surface area (Å²) < 4.78 is 1.97. The molecule has 5 heteroatoms. The van der Waals surface area contributed by atoms with Crippen LogP contribution in [0.1, 0.15) is 17.5 Å². The summed E-state index contributed by atoms with van der Waals surface area (Å²) in [6, 6.07) is 18.6. The lowest BCUT2D eigenvalue weighted by molar-refractivity contribution is 0.296. The van der Waals surface area contributed by atoms with Crippen LogP contribution in [-0.4, -0.2) is 39.5 Å². The van der Waals surface area contributed by atoms with Crippen LogP contribution in [0.15, 0.2) is 60.8 Å². The highest BCUT2D eigenvalue weighted by Gasteiger charge is 2.13. The van der Waals surface area contributed by atoms with Gasteiger partial charge in [0.25, 0.3) is 0 Å². The van der Waals surface area contributed by atoms with Crippen molar-refractivity contribution in [3.8, 4) is 16.9 Å². The number of rotatable bonds is 10. The second-order valence-corrected chi connectivity index (χ2v) is 7.69. The highest BCUT2D eigenvalue weighted by Crippen LogP contribution is 2.26. The van der Waals surface area contributed by atoms with Crippen molar-refractivity contribution in [3.05, 3.63) is 71.9 Å². The molecule has 0 amide bonds. The normalized spacial score (nSPS) is 11.0. The van der Waals surface area contributed by atoms with Gasteiger partial charge in [0, 0.05) is 42.8 Å². The van der Waals surface area contributed by atoms with Crippen LogP contribution in [0.5, 0.6) is 0 Å². The van der Waals surface area contributed by atoms with Crippen LogP contribution in [0.25, 0.3) is 16.9 Å². The van der Waals surface area contributed by atoms with Gasteiger partial charge >= 0.3 is 0 Å². The molecule has 2 N–H and O–H groups in total. The Hall–Kier alpha value is -2.08. The maximum absolute atomic E-state index is 8.84. The van der Waals surface area contributed by atoms with Crippen molar-refractivity contribution in [3.63, 3.8) is 0 Å². The number of nitrogens with zero attached hydrogens (tertiary/aromatic N) is 2. The molecule has 27 heavy (non-hydrogen) atoms. The molecule has 0 aliphatic heterocycles. The Balaban J connectivity index is 1.75. The molecule has 0 aliphatic rings. The maximum atomic E-state index is 8.84. The van der Waals surface area contributed by atoms with Crippen LogP contribution in [0.3, 0.4) is 0 Å². The number of benzene rings is 2. The molecular weight excluding hydrogens is 354 g/mol. The zero-order valence-corrected chi connectivity index (χ0v) is 16.6. The van der Waals surface area contributed by atoms with E-state index in [1.807, 2.05) is 34.6 Å². The quantitative estimate of drug-likeness (QED) is 0.520. The Morgan fingerprint density at radius 1 is 1.04 bits per heavy atom. The van der Waals surface area contributed by atoms with E-state index in [2.05, 4.69) is 54.8 Å². The van der Waals surface area contributed by atoms with Crippen molar-refractivity contribution in [2.75, 3.05) is 24.7 Å². The first-order chi connectivity index (χ1) is 13.3. The Bertz CT molecular complexity index is 833. The number of aryl methyl sites for hydroxylation is 1. The van der Waals surface area contributed by atoms with Crippen LogP contribution in [0.2, 0.25) is 0 Å². The largest absolute Gasteiger partial charge is 0.396 e. The maximum Gasteiger partial charge on any atom is 0.0975 e. The number of para-hydroxylation sites is 1. The summed E-state index contributed by atoms with van der Waals surface area (Å²) in [5.74, 6) is 2.06. The van der Waals surface area contributed by atoms with Crippen LogP contribution in [0.4, 0.5) is 0 Å². The van der Waals surface area contributed by atoms with E-state index < -0.39 is 0 Å². The summed E-state index contributed by atoms with van der Waals surface area (Å²) in [4.78, 5) is 0. The van der Waals surface area contributed by atoms with E-state index in [1.54, 1.807) is 0 Å². The molecule has 4 nitrogen and oxygen atoms in total. The van der Waals surface area contributed by atoms with Crippen molar-refractivity contribution in [1.82, 2.24) is 15.1 Å². The summed E-state index contributed by atoms with van der Waals surface area (Å²) in [5.41, 5.74) is 5.72. The van der Waals surface area contributed by atoms with E-state index in [0.29, 0.717) is 0 Å². The van der Waals surface area contributed by atoms with Crippen molar-refractivity contribution in [2.45, 2.75) is 19.9 Å². The molecule has 0 bridgehead atoms. The van der Waals surface area contributed by atoms with Gasteiger partial charge in [0.1, 0.15) is 0 Å². The van der Waals surface area contributed by atoms with E-state index in [0.717, 1.165) is 42.4 Å². The van der Waals surface area contributed by atoms with E-state index in [-0.39, 0.29) is 6.61 Å². The third-order valence-corrected chi connectivity index (χ3v) is 5.47. The fourth-order valence-corrected chi connectivity index (χ4v) is 3.78. The number of aliphatic hydroxyl groups excluding tert-OH is 1. The van der Waals surface area contributed by atoms with E-state index in [4.69, 9.17) is 10.2 Å². The predicted octanol–water partition coefficient (Wildman–Crippen LogP) is 4.05. The molecule has 3 rings (SSSR count). The smallest absolute Gasteiger partial charge is 0.0975 e. The van der Waals surface area contributed by atoms with E-state index in [9.17, 15) is 0 Å². The molecule has 0 saturated carbocycles. The molecule has 0 aliphatic carbocycles. The van der Waals surface area contributed by atoms with Crippen LogP contribution in [0, 0.1) is 6.92 Å². The average molecular weight is 382 g/mol. The number of hydrogen-bond acceptors (Lipinski definition) is 4. The van der Waals surface area contributed by atoms with Gasteiger partial charge in [0.2, 0.25) is 0 Å². The number of hydrogen-bond donors (Lipinski definition) is 2. The second-order valence-electron chi connectivity index (χ2n) is 6.46. The summed E-state index contributed by atoms with van der Waals surface area (Å²) in [5, 5.41) is 17.3. The third kappa shape index (κ3) is 5.45. The molecule has 2 aromatic carbocycles. The number of thioether (sulfide) groups is 1. The lowest BCUT2D eigenvalue weighted by Crippen LogP contribution is -2.17. The van der Waals surface area contributed by atoms with Gasteiger partial charge in [-0.05, 0) is 36.8 Å². The fourth-order valence-electron chi connectivity index (χ4n) is 2.95. The SMILES string of the molecule is Cc1ccccc1-c1nn(-c2ccccc2)cc1CNCCSCCCO. The topological polar surface area (TPSA) is 50.1 Å². The molecule has 0 unspecified atom stereocenters. The third-order valence-electron chi connectivity index (χ3n) is 4.40. The van der Waals surface area contributed by atoms with Gasteiger partial charge in [0.05, 0.1) is 11.4 Å². The number of nitrogens with one attached hydrogen (secondary N) is 1. The molecule has 1 aromatic heterocycles. The summed E-state index contributed by atoms with van der Waals surface area (Å²) in [6.45, 7) is 4.14. The molecule has 142 valence electrons. The van der Waals surface area contributed by atoms with E-state index in [1.165, 1.54) is 16.7 Å². The Labute approximate surface area is 165 Å². The molecule has 3 aromatic rings. The minimum absolute atomic E-state index is 0.277. The van der Waals surface area contributed by atoms with Gasteiger partial charge in [-0.2, -0.15) is 16.9 Å². The molecule has 0 atom stereocenters. The number of aliphatic hydroxyl groups is 1. The molecule has 1 heterocycles. The minimum atomic E-state index is 0.277. The minimum Gasteiger partial charge on any atom is -0.396 e. The Morgan fingerprint density at radius 3 is 2.59 bits per heavy atom. The summed E-state index contributed by atoms with van der Waals surface area (Å²) in [6.07, 6.45) is 2.99. The molecule has 0 spiro atoms. The first-order valence-corrected chi connectivity index (χ1v) is 10.5. The first-order valence-electron chi connectivity index (χ1n) is 9.39. The monoisotopic (exact) mass is 381 g/mol. The van der Waals surface area contributed by atoms with Crippen LogP contribution >= 0.6 is 11.8 Å². The van der Waals surface area contributed by atoms with Gasteiger partial charge in [0.15, 0.2) is 0 Å². The first kappa shape index (κ1) is 19.7. The summed E-state index contributed by atoms with van der Waals surface area (Å²) in [7, 11) is 0. The highest BCUT2D eigenvalue weighted by atomic mass is 32.2. The Morgan fingerprint density at radius 2 is 1.81 bits per heavy atom.